The van der Waals surface area contributed by atoms with Gasteiger partial charge in [-0.15, -0.1) is 0 Å². The molecule has 13 heavy (non-hydrogen) atoms. The molecule has 0 saturated heterocycles. The molecule has 1 heterocycles. The number of hydrogen-bond acceptors (Lipinski definition) is 2. The van der Waals surface area contributed by atoms with E-state index in [4.69, 9.17) is 9.52 Å². The van der Waals surface area contributed by atoms with Crippen molar-refractivity contribution in [2.24, 2.45) is 0 Å². The van der Waals surface area contributed by atoms with Crippen molar-refractivity contribution in [1.29, 1.82) is 0 Å². The minimum absolute atomic E-state index is 0.0167. The second kappa shape index (κ2) is 3.02. The highest BCUT2D eigenvalue weighted by Crippen LogP contribution is 2.21. The van der Waals surface area contributed by atoms with Crippen molar-refractivity contribution in [1.82, 2.24) is 0 Å². The fourth-order valence-corrected chi connectivity index (χ4v) is 1.57. The standard InChI is InChI=1S/C9H5IO3/c10-6-2-1-5-3-8(9(11)12)13-7(5)4-6/h1-4H,(H,11,12). The Kier molecular flexibility index (Phi) is 1.99. The normalized spacial score (nSPS) is 10.5. The lowest BCUT2D eigenvalue weighted by molar-refractivity contribution is 0.0665. The molecule has 66 valence electrons. The quantitative estimate of drug-likeness (QED) is 0.821. The Balaban J connectivity index is 2.68. The monoisotopic (exact) mass is 288 g/mol. The van der Waals surface area contributed by atoms with Gasteiger partial charge in [0.05, 0.1) is 0 Å². The first kappa shape index (κ1) is 8.55. The van der Waals surface area contributed by atoms with E-state index in [2.05, 4.69) is 22.6 Å². The molecule has 2 rings (SSSR count). The van der Waals surface area contributed by atoms with Crippen molar-refractivity contribution in [2.75, 3.05) is 0 Å². The summed E-state index contributed by atoms with van der Waals surface area (Å²) in [6.07, 6.45) is 0. The molecule has 0 bridgehead atoms. The van der Waals surface area contributed by atoms with E-state index < -0.39 is 5.97 Å². The number of hydrogen-bond donors (Lipinski definition) is 1. The zero-order chi connectivity index (χ0) is 9.42. The van der Waals surface area contributed by atoms with Gasteiger partial charge in [-0.1, -0.05) is 6.07 Å². The van der Waals surface area contributed by atoms with Crippen LogP contribution in [0.4, 0.5) is 0 Å². The van der Waals surface area contributed by atoms with Gasteiger partial charge in [-0.2, -0.15) is 0 Å². The maximum Gasteiger partial charge on any atom is 0.371 e. The molecule has 0 radical (unpaired) electrons. The lowest BCUT2D eigenvalue weighted by Gasteiger charge is -1.88. The van der Waals surface area contributed by atoms with Crippen molar-refractivity contribution < 1.29 is 14.3 Å². The van der Waals surface area contributed by atoms with Gasteiger partial charge in [0.15, 0.2) is 0 Å². The summed E-state index contributed by atoms with van der Waals surface area (Å²) < 4.78 is 6.13. The van der Waals surface area contributed by atoms with E-state index in [1.54, 1.807) is 0 Å². The Morgan fingerprint density at radius 3 is 2.85 bits per heavy atom. The number of fused-ring (bicyclic) bond motifs is 1. The highest BCUT2D eigenvalue weighted by atomic mass is 127. The van der Waals surface area contributed by atoms with Crippen LogP contribution in [0.25, 0.3) is 11.0 Å². The van der Waals surface area contributed by atoms with Gasteiger partial charge in [0.2, 0.25) is 5.76 Å². The van der Waals surface area contributed by atoms with Crippen LogP contribution < -0.4 is 0 Å². The molecular weight excluding hydrogens is 283 g/mol. The van der Waals surface area contributed by atoms with Gasteiger partial charge >= 0.3 is 5.97 Å². The van der Waals surface area contributed by atoms with Crippen molar-refractivity contribution in [3.05, 3.63) is 33.6 Å². The number of rotatable bonds is 1. The van der Waals surface area contributed by atoms with E-state index >= 15 is 0 Å². The molecule has 0 unspecified atom stereocenters. The number of aromatic carboxylic acids is 1. The first-order valence-electron chi connectivity index (χ1n) is 3.59. The molecule has 0 fully saturated rings. The van der Waals surface area contributed by atoms with Gasteiger partial charge in [-0.05, 0) is 40.8 Å². The SMILES string of the molecule is O=C(O)c1cc2ccc(I)cc2o1. The molecule has 1 aromatic heterocycles. The molecule has 1 aromatic carbocycles. The Bertz CT molecular complexity index is 473. The molecule has 0 atom stereocenters. The molecule has 0 amide bonds. The lowest BCUT2D eigenvalue weighted by atomic mass is 10.2. The van der Waals surface area contributed by atoms with Gasteiger partial charge in [-0.25, -0.2) is 4.79 Å². The van der Waals surface area contributed by atoms with Crippen molar-refractivity contribution in [2.45, 2.75) is 0 Å². The Labute approximate surface area is 87.5 Å². The third-order valence-electron chi connectivity index (χ3n) is 1.69. The van der Waals surface area contributed by atoms with Crippen LogP contribution in [0.1, 0.15) is 10.6 Å². The first-order valence-corrected chi connectivity index (χ1v) is 4.67. The zero-order valence-electron chi connectivity index (χ0n) is 6.45. The fraction of sp³-hybridized carbons (Fsp3) is 0. The van der Waals surface area contributed by atoms with Crippen molar-refractivity contribution in [3.8, 4) is 0 Å². The number of carbonyl (C=O) groups is 1. The van der Waals surface area contributed by atoms with E-state index in [0.29, 0.717) is 5.58 Å². The molecule has 0 saturated carbocycles. The van der Waals surface area contributed by atoms with Gasteiger partial charge in [0.1, 0.15) is 5.58 Å². The van der Waals surface area contributed by atoms with E-state index in [0.717, 1.165) is 8.96 Å². The maximum atomic E-state index is 10.6. The topological polar surface area (TPSA) is 50.4 Å². The highest BCUT2D eigenvalue weighted by Gasteiger charge is 2.09. The van der Waals surface area contributed by atoms with Crippen LogP contribution in [-0.4, -0.2) is 11.1 Å². The predicted octanol–water partition coefficient (Wildman–Crippen LogP) is 2.74. The van der Waals surface area contributed by atoms with Gasteiger partial charge in [0, 0.05) is 8.96 Å². The minimum atomic E-state index is -1.04. The Morgan fingerprint density at radius 1 is 1.38 bits per heavy atom. The average molecular weight is 288 g/mol. The van der Waals surface area contributed by atoms with Crippen LogP contribution in [0.5, 0.6) is 0 Å². The lowest BCUT2D eigenvalue weighted by Crippen LogP contribution is -1.91. The second-order valence-corrected chi connectivity index (χ2v) is 3.84. The largest absolute Gasteiger partial charge is 0.475 e. The second-order valence-electron chi connectivity index (χ2n) is 2.60. The summed E-state index contributed by atoms with van der Waals surface area (Å²) in [4.78, 5) is 10.6. The van der Waals surface area contributed by atoms with E-state index in [1.165, 1.54) is 6.07 Å². The van der Waals surface area contributed by atoms with Crippen LogP contribution in [0.2, 0.25) is 0 Å². The third kappa shape index (κ3) is 1.53. The Morgan fingerprint density at radius 2 is 2.15 bits per heavy atom. The maximum absolute atomic E-state index is 10.6. The third-order valence-corrected chi connectivity index (χ3v) is 2.36. The molecule has 0 aliphatic carbocycles. The van der Waals surface area contributed by atoms with Gasteiger partial charge < -0.3 is 9.52 Å². The van der Waals surface area contributed by atoms with Crippen LogP contribution in [0, 0.1) is 3.57 Å². The fourth-order valence-electron chi connectivity index (χ4n) is 1.11. The molecular formula is C9H5IO3. The molecule has 4 heteroatoms. The predicted molar refractivity (Wildman–Crippen MR) is 55.9 cm³/mol. The number of furan rings is 1. The number of halogens is 1. The van der Waals surface area contributed by atoms with E-state index in [9.17, 15) is 4.79 Å². The van der Waals surface area contributed by atoms with E-state index in [1.807, 2.05) is 18.2 Å². The number of benzene rings is 1. The van der Waals surface area contributed by atoms with Gasteiger partial charge in [0.25, 0.3) is 0 Å². The summed E-state index contributed by atoms with van der Waals surface area (Å²) in [5.41, 5.74) is 0.615. The summed E-state index contributed by atoms with van der Waals surface area (Å²) in [5, 5.41) is 9.48. The van der Waals surface area contributed by atoms with Crippen molar-refractivity contribution >= 4 is 39.5 Å². The molecule has 1 N–H and O–H groups in total. The molecule has 0 spiro atoms. The molecule has 2 aromatic rings. The summed E-state index contributed by atoms with van der Waals surface area (Å²) in [6.45, 7) is 0. The average Bonchev–Trinajstić information content (AvgIpc) is 2.46. The number of carboxylic acids is 1. The Hall–Kier alpha value is -1.04. The molecule has 0 aliphatic rings. The summed E-state index contributed by atoms with van der Waals surface area (Å²) in [6, 6.07) is 7.08. The highest BCUT2D eigenvalue weighted by molar-refractivity contribution is 14.1. The van der Waals surface area contributed by atoms with Crippen LogP contribution >= 0.6 is 22.6 Å². The van der Waals surface area contributed by atoms with E-state index in [-0.39, 0.29) is 5.76 Å². The first-order chi connectivity index (χ1) is 6.16. The zero-order valence-corrected chi connectivity index (χ0v) is 8.61. The van der Waals surface area contributed by atoms with Gasteiger partial charge in [-0.3, -0.25) is 0 Å². The summed E-state index contributed by atoms with van der Waals surface area (Å²) in [5.74, 6) is -1.05. The summed E-state index contributed by atoms with van der Waals surface area (Å²) >= 11 is 2.15. The van der Waals surface area contributed by atoms with Crippen LogP contribution in [0.3, 0.4) is 0 Å². The minimum Gasteiger partial charge on any atom is -0.475 e. The number of carboxylic acid groups (broad SMARTS) is 1. The van der Waals surface area contributed by atoms with Crippen molar-refractivity contribution in [3.63, 3.8) is 0 Å². The molecule has 0 aliphatic heterocycles. The smallest absolute Gasteiger partial charge is 0.371 e. The molecule has 3 nitrogen and oxygen atoms in total. The van der Waals surface area contributed by atoms with Crippen LogP contribution in [-0.2, 0) is 0 Å². The summed E-state index contributed by atoms with van der Waals surface area (Å²) in [7, 11) is 0. The van der Waals surface area contributed by atoms with Crippen LogP contribution in [0.15, 0.2) is 28.7 Å².